The largest absolute Gasteiger partial charge is 0.411 e. The van der Waals surface area contributed by atoms with E-state index < -0.39 is 0 Å². The van der Waals surface area contributed by atoms with Gasteiger partial charge in [0.1, 0.15) is 0 Å². The van der Waals surface area contributed by atoms with Gasteiger partial charge in [-0.2, -0.15) is 0 Å². The quantitative estimate of drug-likeness (QED) is 0.753. The molecule has 15 heavy (non-hydrogen) atoms. The van der Waals surface area contributed by atoms with Gasteiger partial charge >= 0.3 is 0 Å². The first-order valence-electron chi connectivity index (χ1n) is 4.94. The number of nitrogens with zero attached hydrogens (tertiary/aromatic N) is 2. The third-order valence-electron chi connectivity index (χ3n) is 2.61. The summed E-state index contributed by atoms with van der Waals surface area (Å²) in [6, 6.07) is 2.21. The number of aryl methyl sites for hydroxylation is 2. The Morgan fingerprint density at radius 1 is 1.27 bits per heavy atom. The zero-order chi connectivity index (χ0) is 10.3. The Labute approximate surface area is 105 Å². The van der Waals surface area contributed by atoms with E-state index in [-0.39, 0.29) is 0 Å². The highest BCUT2D eigenvalue weighted by Gasteiger charge is 2.16. The number of rotatable bonds is 1. The van der Waals surface area contributed by atoms with Crippen LogP contribution in [0.4, 0.5) is 0 Å². The SMILES string of the molecule is Ic1nnc(-c2cc3c(s2)CCCC3)o1. The second-order valence-corrected chi connectivity index (χ2v) is 5.69. The zero-order valence-corrected chi connectivity index (χ0v) is 11.0. The second kappa shape index (κ2) is 3.86. The lowest BCUT2D eigenvalue weighted by atomic mass is 9.99. The lowest BCUT2D eigenvalue weighted by Crippen LogP contribution is -1.96. The molecule has 1 aliphatic carbocycles. The molecule has 3 nitrogen and oxygen atoms in total. The van der Waals surface area contributed by atoms with Gasteiger partial charge in [0.05, 0.1) is 4.88 Å². The molecule has 0 N–H and O–H groups in total. The first-order chi connectivity index (χ1) is 7.33. The fourth-order valence-electron chi connectivity index (χ4n) is 1.90. The molecule has 0 fully saturated rings. The first-order valence-corrected chi connectivity index (χ1v) is 6.83. The summed E-state index contributed by atoms with van der Waals surface area (Å²) in [5.74, 6) is 0.666. The molecule has 3 rings (SSSR count). The van der Waals surface area contributed by atoms with Crippen LogP contribution in [0.3, 0.4) is 0 Å². The van der Waals surface area contributed by atoms with Crippen LogP contribution in [-0.2, 0) is 12.8 Å². The van der Waals surface area contributed by atoms with Gasteiger partial charge in [-0.3, -0.25) is 0 Å². The van der Waals surface area contributed by atoms with Crippen molar-refractivity contribution in [1.82, 2.24) is 10.2 Å². The summed E-state index contributed by atoms with van der Waals surface area (Å²) >= 11 is 3.84. The molecule has 5 heteroatoms. The van der Waals surface area contributed by atoms with Crippen LogP contribution in [0, 0.1) is 3.90 Å². The van der Waals surface area contributed by atoms with Crippen molar-refractivity contribution in [3.05, 3.63) is 20.4 Å². The van der Waals surface area contributed by atoms with E-state index in [2.05, 4.69) is 16.3 Å². The smallest absolute Gasteiger partial charge is 0.278 e. The molecule has 0 aromatic carbocycles. The Hall–Kier alpha value is -0.430. The van der Waals surface area contributed by atoms with Crippen LogP contribution < -0.4 is 0 Å². The molecule has 2 aromatic rings. The fraction of sp³-hybridized carbons (Fsp3) is 0.400. The number of thiophene rings is 1. The molecule has 78 valence electrons. The monoisotopic (exact) mass is 332 g/mol. The van der Waals surface area contributed by atoms with Crippen LogP contribution in [0.5, 0.6) is 0 Å². The van der Waals surface area contributed by atoms with E-state index >= 15 is 0 Å². The maximum absolute atomic E-state index is 5.42. The van der Waals surface area contributed by atoms with Gasteiger partial charge in [-0.15, -0.1) is 21.5 Å². The van der Waals surface area contributed by atoms with Crippen molar-refractivity contribution >= 4 is 33.9 Å². The van der Waals surface area contributed by atoms with Crippen molar-refractivity contribution in [1.29, 1.82) is 0 Å². The molecule has 2 aromatic heterocycles. The molecule has 0 amide bonds. The molecule has 0 spiro atoms. The molecule has 0 bridgehead atoms. The summed E-state index contributed by atoms with van der Waals surface area (Å²) in [7, 11) is 0. The van der Waals surface area contributed by atoms with E-state index in [4.69, 9.17) is 4.42 Å². The Kier molecular flexibility index (Phi) is 2.51. The predicted octanol–water partition coefficient (Wildman–Crippen LogP) is 3.28. The van der Waals surface area contributed by atoms with E-state index in [1.807, 2.05) is 22.6 Å². The van der Waals surface area contributed by atoms with Crippen LogP contribution in [-0.4, -0.2) is 10.2 Å². The average Bonchev–Trinajstić information content (AvgIpc) is 2.82. The minimum absolute atomic E-state index is 0.606. The molecule has 0 unspecified atom stereocenters. The van der Waals surface area contributed by atoms with Gasteiger partial charge in [-0.25, -0.2) is 0 Å². The molecule has 0 radical (unpaired) electrons. The maximum atomic E-state index is 5.42. The van der Waals surface area contributed by atoms with E-state index in [1.165, 1.54) is 36.1 Å². The molecule has 0 saturated heterocycles. The van der Waals surface area contributed by atoms with Gasteiger partial charge in [0.25, 0.3) is 9.79 Å². The zero-order valence-electron chi connectivity index (χ0n) is 7.99. The summed E-state index contributed by atoms with van der Waals surface area (Å²) in [4.78, 5) is 2.63. The summed E-state index contributed by atoms with van der Waals surface area (Å²) in [6.45, 7) is 0. The molecule has 2 heterocycles. The van der Waals surface area contributed by atoms with E-state index in [9.17, 15) is 0 Å². The predicted molar refractivity (Wildman–Crippen MR) is 67.0 cm³/mol. The van der Waals surface area contributed by atoms with Gasteiger partial charge < -0.3 is 4.42 Å². The highest BCUT2D eigenvalue weighted by molar-refractivity contribution is 14.1. The molecule has 1 aliphatic rings. The molecular weight excluding hydrogens is 323 g/mol. The molecule has 0 saturated carbocycles. The number of hydrogen-bond acceptors (Lipinski definition) is 4. The molecule has 0 aliphatic heterocycles. The van der Waals surface area contributed by atoms with Crippen molar-refractivity contribution in [3.8, 4) is 10.8 Å². The van der Waals surface area contributed by atoms with Crippen molar-refractivity contribution < 1.29 is 4.42 Å². The van der Waals surface area contributed by atoms with Crippen molar-refractivity contribution in [3.63, 3.8) is 0 Å². The maximum Gasteiger partial charge on any atom is 0.278 e. The van der Waals surface area contributed by atoms with E-state index in [0.717, 1.165) is 4.88 Å². The highest BCUT2D eigenvalue weighted by atomic mass is 127. The Morgan fingerprint density at radius 2 is 2.13 bits per heavy atom. The third kappa shape index (κ3) is 1.82. The summed E-state index contributed by atoms with van der Waals surface area (Å²) in [5.41, 5.74) is 1.48. The van der Waals surface area contributed by atoms with Crippen molar-refractivity contribution in [2.24, 2.45) is 0 Å². The standard InChI is InChI=1S/C10H9IN2OS/c11-10-13-12-9(14-10)8-5-6-3-1-2-4-7(6)15-8/h5H,1-4H2. The van der Waals surface area contributed by atoms with Crippen LogP contribution in [0.2, 0.25) is 0 Å². The summed E-state index contributed by atoms with van der Waals surface area (Å²) in [6.07, 6.45) is 5.04. The summed E-state index contributed by atoms with van der Waals surface area (Å²) < 4.78 is 6.03. The number of hydrogen-bond donors (Lipinski definition) is 0. The van der Waals surface area contributed by atoms with Gasteiger partial charge in [0.2, 0.25) is 0 Å². The summed E-state index contributed by atoms with van der Waals surface area (Å²) in [5, 5.41) is 7.89. The minimum atomic E-state index is 0.606. The molecule has 0 atom stereocenters. The normalized spacial score (nSPS) is 15.3. The second-order valence-electron chi connectivity index (χ2n) is 3.63. The topological polar surface area (TPSA) is 38.9 Å². The van der Waals surface area contributed by atoms with E-state index in [1.54, 1.807) is 11.3 Å². The van der Waals surface area contributed by atoms with Gasteiger partial charge in [0, 0.05) is 27.5 Å². The average molecular weight is 332 g/mol. The lowest BCUT2D eigenvalue weighted by molar-refractivity contribution is 0.538. The van der Waals surface area contributed by atoms with Crippen LogP contribution >= 0.6 is 33.9 Å². The Morgan fingerprint density at radius 3 is 2.87 bits per heavy atom. The first kappa shape index (κ1) is 9.77. The fourth-order valence-corrected chi connectivity index (χ4v) is 3.39. The Bertz CT molecular complexity index is 468. The number of aromatic nitrogens is 2. The third-order valence-corrected chi connectivity index (χ3v) is 4.27. The number of fused-ring (bicyclic) bond motifs is 1. The molecular formula is C10H9IN2OS. The van der Waals surface area contributed by atoms with Gasteiger partial charge in [-0.1, -0.05) is 0 Å². The van der Waals surface area contributed by atoms with Crippen molar-refractivity contribution in [2.75, 3.05) is 0 Å². The van der Waals surface area contributed by atoms with Gasteiger partial charge in [-0.05, 0) is 37.3 Å². The van der Waals surface area contributed by atoms with Crippen LogP contribution in [0.1, 0.15) is 23.3 Å². The van der Waals surface area contributed by atoms with Crippen LogP contribution in [0.15, 0.2) is 10.5 Å². The van der Waals surface area contributed by atoms with E-state index in [0.29, 0.717) is 9.79 Å². The lowest BCUT2D eigenvalue weighted by Gasteiger charge is -2.08. The number of halogens is 1. The Balaban J connectivity index is 2.02. The minimum Gasteiger partial charge on any atom is -0.411 e. The van der Waals surface area contributed by atoms with Crippen molar-refractivity contribution in [2.45, 2.75) is 25.7 Å². The van der Waals surface area contributed by atoms with Crippen LogP contribution in [0.25, 0.3) is 10.8 Å². The van der Waals surface area contributed by atoms with Gasteiger partial charge in [0.15, 0.2) is 0 Å². The highest BCUT2D eigenvalue weighted by Crippen LogP contribution is 2.35.